The third kappa shape index (κ3) is 4.52. The minimum absolute atomic E-state index is 0.0976. The van der Waals surface area contributed by atoms with Crippen LogP contribution in [0.1, 0.15) is 27.2 Å². The second-order valence-corrected chi connectivity index (χ2v) is 10.9. The molecule has 170 valence electrons. The van der Waals surface area contributed by atoms with E-state index in [-0.39, 0.29) is 17.0 Å². The first kappa shape index (κ1) is 22.0. The van der Waals surface area contributed by atoms with Gasteiger partial charge in [-0.2, -0.15) is 5.10 Å². The van der Waals surface area contributed by atoms with Crippen LogP contribution in [0.2, 0.25) is 0 Å². The molecule has 1 aromatic carbocycles. The topological polar surface area (TPSA) is 121 Å². The van der Waals surface area contributed by atoms with Gasteiger partial charge in [-0.25, -0.2) is 23.2 Å². The molecule has 1 aliphatic heterocycles. The van der Waals surface area contributed by atoms with Crippen LogP contribution in [0.3, 0.4) is 0 Å². The molecule has 0 radical (unpaired) electrons. The summed E-state index contributed by atoms with van der Waals surface area (Å²) in [7, 11) is -3.32. The van der Waals surface area contributed by atoms with Crippen LogP contribution >= 0.6 is 0 Å². The van der Waals surface area contributed by atoms with Crippen molar-refractivity contribution in [1.82, 2.24) is 25.1 Å². The highest BCUT2D eigenvalue weighted by molar-refractivity contribution is 7.90. The van der Waals surface area contributed by atoms with Crippen LogP contribution in [-0.2, 0) is 14.6 Å². The van der Waals surface area contributed by atoms with E-state index >= 15 is 0 Å². The highest BCUT2D eigenvalue weighted by atomic mass is 32.2. The van der Waals surface area contributed by atoms with E-state index in [4.69, 9.17) is 4.74 Å². The van der Waals surface area contributed by atoms with Crippen molar-refractivity contribution in [2.24, 2.45) is 0 Å². The number of likely N-dealkylation sites (tertiary alicyclic amines) is 1. The zero-order chi connectivity index (χ0) is 23.1. The second kappa shape index (κ2) is 8.05. The normalized spacial score (nSPS) is 17.0. The first-order valence-corrected chi connectivity index (χ1v) is 12.1. The van der Waals surface area contributed by atoms with Gasteiger partial charge in [0.05, 0.1) is 22.5 Å². The molecular formula is C21H26N6O4S. The van der Waals surface area contributed by atoms with Crippen LogP contribution in [0.25, 0.3) is 11.0 Å². The third-order valence-electron chi connectivity index (χ3n) is 5.18. The van der Waals surface area contributed by atoms with E-state index in [1.165, 1.54) is 12.6 Å². The highest BCUT2D eigenvalue weighted by Crippen LogP contribution is 2.34. The number of carbonyl (C=O) groups is 1. The first-order chi connectivity index (χ1) is 15.0. The number of amides is 1. The van der Waals surface area contributed by atoms with Gasteiger partial charge in [0.1, 0.15) is 17.7 Å². The van der Waals surface area contributed by atoms with Crippen molar-refractivity contribution >= 4 is 38.5 Å². The Hall–Kier alpha value is -3.21. The molecule has 3 heterocycles. The average Bonchev–Trinajstić information content (AvgIpc) is 3.37. The van der Waals surface area contributed by atoms with Crippen molar-refractivity contribution in [2.45, 2.75) is 43.7 Å². The molecule has 11 heteroatoms. The van der Waals surface area contributed by atoms with Crippen molar-refractivity contribution in [1.29, 1.82) is 0 Å². The molecule has 32 heavy (non-hydrogen) atoms. The number of fused-ring (bicyclic) bond motifs is 1. The van der Waals surface area contributed by atoms with Crippen LogP contribution < -0.4 is 4.90 Å². The van der Waals surface area contributed by atoms with Crippen LogP contribution in [0.5, 0.6) is 0 Å². The molecule has 0 bridgehead atoms. The van der Waals surface area contributed by atoms with E-state index in [1.807, 2.05) is 25.7 Å². The summed E-state index contributed by atoms with van der Waals surface area (Å²) < 4.78 is 29.3. The lowest BCUT2D eigenvalue weighted by Gasteiger charge is -2.31. The highest BCUT2D eigenvalue weighted by Gasteiger charge is 2.35. The number of H-pyrrole nitrogens is 1. The number of rotatable bonds is 4. The largest absolute Gasteiger partial charge is 0.444 e. The number of hydrogen-bond acceptors (Lipinski definition) is 8. The zero-order valence-electron chi connectivity index (χ0n) is 18.4. The number of aromatic nitrogens is 4. The van der Waals surface area contributed by atoms with Gasteiger partial charge in [0.25, 0.3) is 0 Å². The van der Waals surface area contributed by atoms with E-state index < -0.39 is 15.4 Å². The lowest BCUT2D eigenvalue weighted by molar-refractivity contribution is 0.0293. The first-order valence-electron chi connectivity index (χ1n) is 10.2. The van der Waals surface area contributed by atoms with Gasteiger partial charge < -0.3 is 14.5 Å². The molecule has 1 amide bonds. The molecule has 4 rings (SSSR count). The maximum atomic E-state index is 12.6. The maximum Gasteiger partial charge on any atom is 0.410 e. The van der Waals surface area contributed by atoms with Gasteiger partial charge in [-0.05, 0) is 51.5 Å². The summed E-state index contributed by atoms with van der Waals surface area (Å²) in [6, 6.07) is 6.55. The number of aromatic amines is 1. The molecule has 1 unspecified atom stereocenters. The Morgan fingerprint density at radius 2 is 1.94 bits per heavy atom. The number of nitrogens with zero attached hydrogens (tertiary/aromatic N) is 5. The van der Waals surface area contributed by atoms with Crippen LogP contribution in [-0.4, -0.2) is 70.6 Å². The summed E-state index contributed by atoms with van der Waals surface area (Å²) in [6.45, 7) is 6.49. The number of sulfone groups is 1. The van der Waals surface area contributed by atoms with E-state index in [0.717, 1.165) is 11.1 Å². The third-order valence-corrected chi connectivity index (χ3v) is 6.31. The molecule has 0 aliphatic carbocycles. The van der Waals surface area contributed by atoms with Gasteiger partial charge in [0.2, 0.25) is 0 Å². The van der Waals surface area contributed by atoms with Gasteiger partial charge in [0, 0.05) is 25.0 Å². The Kier molecular flexibility index (Phi) is 5.53. The molecule has 0 saturated carbocycles. The molecular weight excluding hydrogens is 432 g/mol. The van der Waals surface area contributed by atoms with Crippen molar-refractivity contribution < 1.29 is 17.9 Å². The van der Waals surface area contributed by atoms with Gasteiger partial charge >= 0.3 is 6.09 Å². The average molecular weight is 459 g/mol. The lowest BCUT2D eigenvalue weighted by Crippen LogP contribution is -2.39. The van der Waals surface area contributed by atoms with Crippen molar-refractivity contribution in [2.75, 3.05) is 24.2 Å². The number of anilines is 2. The number of ether oxygens (including phenoxy) is 1. The smallest absolute Gasteiger partial charge is 0.410 e. The standard InChI is InChI=1S/C21H26N6O4S/c1-21(2,3)31-20(28)26-10-9-15(12-26)27(14-5-7-16(8-6-14)32(4,29)30)19-17-11-24-25-18(17)22-13-23-19/h5-8,11,13,15H,9-10,12H2,1-4H3,(H,22,23,24,25). The van der Waals surface area contributed by atoms with Crippen molar-refractivity contribution in [3.63, 3.8) is 0 Å². The molecule has 1 fully saturated rings. The van der Waals surface area contributed by atoms with Gasteiger partial charge in [-0.1, -0.05) is 0 Å². The molecule has 3 aromatic rings. The van der Waals surface area contributed by atoms with Crippen LogP contribution in [0.4, 0.5) is 16.3 Å². The second-order valence-electron chi connectivity index (χ2n) is 8.83. The summed E-state index contributed by atoms with van der Waals surface area (Å²) in [4.78, 5) is 25.3. The Bertz CT molecular complexity index is 1230. The monoisotopic (exact) mass is 458 g/mol. The summed E-state index contributed by atoms with van der Waals surface area (Å²) in [5.41, 5.74) is 0.774. The predicted molar refractivity (Wildman–Crippen MR) is 120 cm³/mol. The molecule has 2 aromatic heterocycles. The van der Waals surface area contributed by atoms with Gasteiger partial charge in [0.15, 0.2) is 15.5 Å². The SMILES string of the molecule is CC(C)(C)OC(=O)N1CCC(N(c2ccc(S(C)(=O)=O)cc2)c2ncnc3[nH]ncc23)C1. The Labute approximate surface area is 186 Å². The van der Waals surface area contributed by atoms with Crippen LogP contribution in [0.15, 0.2) is 41.7 Å². The molecule has 1 aliphatic rings. The summed E-state index contributed by atoms with van der Waals surface area (Å²) in [5, 5.41) is 7.66. The van der Waals surface area contributed by atoms with Crippen molar-refractivity contribution in [3.05, 3.63) is 36.8 Å². The fourth-order valence-corrected chi connectivity index (χ4v) is 4.38. The van der Waals surface area contributed by atoms with E-state index in [0.29, 0.717) is 31.0 Å². The summed E-state index contributed by atoms with van der Waals surface area (Å²) in [5.74, 6) is 0.631. The number of nitrogens with one attached hydrogen (secondary N) is 1. The molecule has 1 atom stereocenters. The van der Waals surface area contributed by atoms with E-state index in [9.17, 15) is 13.2 Å². The predicted octanol–water partition coefficient (Wildman–Crippen LogP) is 2.90. The van der Waals surface area contributed by atoms with E-state index in [2.05, 4.69) is 20.2 Å². The summed E-state index contributed by atoms with van der Waals surface area (Å²) >= 11 is 0. The molecule has 1 saturated heterocycles. The van der Waals surface area contributed by atoms with Gasteiger partial charge in [-0.15, -0.1) is 0 Å². The molecule has 1 N–H and O–H groups in total. The maximum absolute atomic E-state index is 12.6. The zero-order valence-corrected chi connectivity index (χ0v) is 19.3. The number of carbonyl (C=O) groups excluding carboxylic acids is 1. The quantitative estimate of drug-likeness (QED) is 0.633. The Morgan fingerprint density at radius 3 is 2.59 bits per heavy atom. The number of benzene rings is 1. The summed E-state index contributed by atoms with van der Waals surface area (Å²) in [6.07, 6.45) is 4.62. The lowest BCUT2D eigenvalue weighted by atomic mass is 10.1. The fraction of sp³-hybridized carbons (Fsp3) is 0.429. The van der Waals surface area contributed by atoms with E-state index in [1.54, 1.807) is 35.4 Å². The molecule has 0 spiro atoms. The molecule has 10 nitrogen and oxygen atoms in total. The Balaban J connectivity index is 1.71. The van der Waals surface area contributed by atoms with Crippen molar-refractivity contribution in [3.8, 4) is 0 Å². The Morgan fingerprint density at radius 1 is 1.22 bits per heavy atom. The van der Waals surface area contributed by atoms with Gasteiger partial charge in [-0.3, -0.25) is 5.10 Å². The number of hydrogen-bond donors (Lipinski definition) is 1. The van der Waals surface area contributed by atoms with Crippen LogP contribution in [0, 0.1) is 0 Å². The minimum Gasteiger partial charge on any atom is -0.444 e. The fourth-order valence-electron chi connectivity index (χ4n) is 3.75. The minimum atomic E-state index is -3.32.